The molecule has 1 aromatic heterocycles. The summed E-state index contributed by atoms with van der Waals surface area (Å²) in [7, 11) is 0. The molecule has 0 aliphatic carbocycles. The Morgan fingerprint density at radius 1 is 1.21 bits per heavy atom. The molecule has 3 nitrogen and oxygen atoms in total. The third-order valence-electron chi connectivity index (χ3n) is 2.99. The number of hydrazine groups is 1. The average molecular weight is 296 g/mol. The Bertz CT molecular complexity index is 531. The molecule has 0 aliphatic heterocycles. The molecule has 0 radical (unpaired) electrons. The van der Waals surface area contributed by atoms with Crippen molar-refractivity contribution in [2.24, 2.45) is 5.84 Å². The molecule has 19 heavy (non-hydrogen) atoms. The highest BCUT2D eigenvalue weighted by Gasteiger charge is 2.11. The molecule has 100 valence electrons. The van der Waals surface area contributed by atoms with E-state index in [1.54, 1.807) is 12.3 Å². The summed E-state index contributed by atoms with van der Waals surface area (Å²) < 4.78 is 0. The first kappa shape index (κ1) is 14.3. The van der Waals surface area contributed by atoms with Gasteiger partial charge in [0.15, 0.2) is 0 Å². The van der Waals surface area contributed by atoms with Crippen LogP contribution in [0, 0.1) is 0 Å². The van der Waals surface area contributed by atoms with Crippen molar-refractivity contribution in [2.45, 2.75) is 18.9 Å². The maximum absolute atomic E-state index is 6.02. The normalized spacial score (nSPS) is 12.4. The molecule has 0 saturated carbocycles. The van der Waals surface area contributed by atoms with E-state index in [0.29, 0.717) is 10.0 Å². The van der Waals surface area contributed by atoms with Crippen LogP contribution in [0.1, 0.15) is 23.6 Å². The fourth-order valence-electron chi connectivity index (χ4n) is 1.93. The summed E-state index contributed by atoms with van der Waals surface area (Å²) in [5.74, 6) is 5.62. The van der Waals surface area contributed by atoms with Crippen molar-refractivity contribution in [3.05, 3.63) is 63.9 Å². The van der Waals surface area contributed by atoms with Crippen molar-refractivity contribution < 1.29 is 0 Å². The van der Waals surface area contributed by atoms with E-state index in [2.05, 4.69) is 16.5 Å². The molecule has 0 aliphatic rings. The summed E-state index contributed by atoms with van der Waals surface area (Å²) >= 11 is 11.9. The minimum atomic E-state index is 0.0370. The van der Waals surface area contributed by atoms with Gasteiger partial charge in [-0.25, -0.2) is 0 Å². The summed E-state index contributed by atoms with van der Waals surface area (Å²) in [5.41, 5.74) is 5.02. The number of pyridine rings is 1. The van der Waals surface area contributed by atoms with Crippen LogP contribution in [0.4, 0.5) is 0 Å². The van der Waals surface area contributed by atoms with Gasteiger partial charge in [-0.3, -0.25) is 16.3 Å². The molecular weight excluding hydrogens is 281 g/mol. The van der Waals surface area contributed by atoms with Crippen molar-refractivity contribution >= 4 is 23.2 Å². The first-order valence-corrected chi connectivity index (χ1v) is 6.76. The third-order valence-corrected chi connectivity index (χ3v) is 3.73. The molecule has 1 aromatic carbocycles. The van der Waals surface area contributed by atoms with Crippen LogP contribution in [0.25, 0.3) is 0 Å². The highest BCUT2D eigenvalue weighted by atomic mass is 35.5. The Hall–Kier alpha value is -1.13. The fraction of sp³-hybridized carbons (Fsp3) is 0.214. The lowest BCUT2D eigenvalue weighted by Gasteiger charge is -2.16. The number of rotatable bonds is 5. The lowest BCUT2D eigenvalue weighted by atomic mass is 10.0. The number of nitrogens with zero attached hydrogens (tertiary/aromatic N) is 1. The van der Waals surface area contributed by atoms with Gasteiger partial charge >= 0.3 is 0 Å². The lowest BCUT2D eigenvalue weighted by molar-refractivity contribution is 0.516. The highest BCUT2D eigenvalue weighted by Crippen LogP contribution is 2.27. The van der Waals surface area contributed by atoms with E-state index in [1.807, 2.05) is 24.4 Å². The van der Waals surface area contributed by atoms with Crippen molar-refractivity contribution in [3.63, 3.8) is 0 Å². The van der Waals surface area contributed by atoms with E-state index < -0.39 is 0 Å². The standard InChI is InChI=1S/C14H15Cl2N3/c15-12-5-4-11(8-13(12)16)14(19-17)6-3-10-2-1-7-18-9-10/h1-2,4-5,7-9,14,19H,3,6,17H2. The number of aryl methyl sites for hydroxylation is 1. The first-order chi connectivity index (χ1) is 9.20. The molecule has 2 rings (SSSR count). The highest BCUT2D eigenvalue weighted by molar-refractivity contribution is 6.42. The molecule has 0 saturated heterocycles. The van der Waals surface area contributed by atoms with E-state index in [0.717, 1.165) is 18.4 Å². The maximum atomic E-state index is 6.02. The van der Waals surface area contributed by atoms with Gasteiger partial charge in [0.2, 0.25) is 0 Å². The van der Waals surface area contributed by atoms with Gasteiger partial charge in [0.25, 0.3) is 0 Å². The second-order valence-corrected chi connectivity index (χ2v) is 5.11. The Labute approximate surface area is 122 Å². The summed E-state index contributed by atoms with van der Waals surface area (Å²) in [5, 5.41) is 1.09. The number of halogens is 2. The number of hydrogen-bond donors (Lipinski definition) is 2. The van der Waals surface area contributed by atoms with Gasteiger partial charge in [0.05, 0.1) is 10.0 Å². The number of aromatic nitrogens is 1. The van der Waals surface area contributed by atoms with E-state index >= 15 is 0 Å². The van der Waals surface area contributed by atoms with Gasteiger partial charge in [-0.05, 0) is 42.2 Å². The molecule has 5 heteroatoms. The van der Waals surface area contributed by atoms with E-state index in [4.69, 9.17) is 29.0 Å². The quantitative estimate of drug-likeness (QED) is 0.655. The summed E-state index contributed by atoms with van der Waals surface area (Å²) in [4.78, 5) is 4.10. The molecule has 0 bridgehead atoms. The molecule has 1 atom stereocenters. The molecule has 2 aromatic rings. The van der Waals surface area contributed by atoms with Gasteiger partial charge in [-0.1, -0.05) is 35.3 Å². The van der Waals surface area contributed by atoms with Crippen LogP contribution in [-0.2, 0) is 6.42 Å². The zero-order valence-electron chi connectivity index (χ0n) is 10.3. The Morgan fingerprint density at radius 2 is 2.05 bits per heavy atom. The minimum Gasteiger partial charge on any atom is -0.271 e. The van der Waals surface area contributed by atoms with Crippen LogP contribution in [0.5, 0.6) is 0 Å². The van der Waals surface area contributed by atoms with E-state index in [1.165, 1.54) is 5.56 Å². The van der Waals surface area contributed by atoms with Crippen LogP contribution in [0.15, 0.2) is 42.7 Å². The van der Waals surface area contributed by atoms with Crippen molar-refractivity contribution in [2.75, 3.05) is 0 Å². The van der Waals surface area contributed by atoms with Crippen LogP contribution >= 0.6 is 23.2 Å². The third kappa shape index (κ3) is 3.91. The maximum Gasteiger partial charge on any atom is 0.0595 e. The number of hydrogen-bond acceptors (Lipinski definition) is 3. The zero-order chi connectivity index (χ0) is 13.7. The zero-order valence-corrected chi connectivity index (χ0v) is 11.8. The van der Waals surface area contributed by atoms with Gasteiger partial charge in [-0.2, -0.15) is 0 Å². The van der Waals surface area contributed by atoms with E-state index in [9.17, 15) is 0 Å². The van der Waals surface area contributed by atoms with Crippen LogP contribution in [0.3, 0.4) is 0 Å². The Morgan fingerprint density at radius 3 is 2.68 bits per heavy atom. The monoisotopic (exact) mass is 295 g/mol. The molecule has 0 amide bonds. The Kier molecular flexibility index (Phi) is 5.16. The smallest absolute Gasteiger partial charge is 0.0595 e. The van der Waals surface area contributed by atoms with Crippen LogP contribution in [0.2, 0.25) is 10.0 Å². The molecule has 1 unspecified atom stereocenters. The Balaban J connectivity index is 2.05. The van der Waals surface area contributed by atoms with Gasteiger partial charge < -0.3 is 0 Å². The molecule has 1 heterocycles. The van der Waals surface area contributed by atoms with Crippen molar-refractivity contribution in [3.8, 4) is 0 Å². The summed E-state index contributed by atoms with van der Waals surface area (Å²) in [6.45, 7) is 0. The summed E-state index contributed by atoms with van der Waals surface area (Å²) in [6.07, 6.45) is 5.38. The topological polar surface area (TPSA) is 50.9 Å². The van der Waals surface area contributed by atoms with Crippen LogP contribution < -0.4 is 11.3 Å². The van der Waals surface area contributed by atoms with E-state index in [-0.39, 0.29) is 6.04 Å². The molecule has 0 spiro atoms. The minimum absolute atomic E-state index is 0.0370. The molecular formula is C14H15Cl2N3. The molecule has 3 N–H and O–H groups in total. The first-order valence-electron chi connectivity index (χ1n) is 6.00. The SMILES string of the molecule is NNC(CCc1cccnc1)c1ccc(Cl)c(Cl)c1. The lowest BCUT2D eigenvalue weighted by Crippen LogP contribution is -2.28. The number of nitrogens with one attached hydrogen (secondary N) is 1. The second-order valence-electron chi connectivity index (χ2n) is 4.29. The largest absolute Gasteiger partial charge is 0.271 e. The number of nitrogens with two attached hydrogens (primary N) is 1. The second kappa shape index (κ2) is 6.87. The van der Waals surface area contributed by atoms with Crippen molar-refractivity contribution in [1.82, 2.24) is 10.4 Å². The van der Waals surface area contributed by atoms with Gasteiger partial charge in [-0.15, -0.1) is 0 Å². The average Bonchev–Trinajstić information content (AvgIpc) is 2.44. The number of benzene rings is 1. The molecule has 0 fully saturated rings. The predicted octanol–water partition coefficient (Wildman–Crippen LogP) is 3.53. The fourth-order valence-corrected chi connectivity index (χ4v) is 2.24. The predicted molar refractivity (Wildman–Crippen MR) is 79.1 cm³/mol. The van der Waals surface area contributed by atoms with Crippen molar-refractivity contribution in [1.29, 1.82) is 0 Å². The van der Waals surface area contributed by atoms with Gasteiger partial charge in [0, 0.05) is 18.4 Å². The summed E-state index contributed by atoms with van der Waals surface area (Å²) in [6, 6.07) is 9.58. The van der Waals surface area contributed by atoms with Gasteiger partial charge in [0.1, 0.15) is 0 Å². The van der Waals surface area contributed by atoms with Crippen LogP contribution in [-0.4, -0.2) is 4.98 Å².